The van der Waals surface area contributed by atoms with E-state index in [-0.39, 0.29) is 55.0 Å². The summed E-state index contributed by atoms with van der Waals surface area (Å²) < 4.78 is 5.14. The number of nitrogens with zero attached hydrogens (tertiary/aromatic N) is 3. The number of rotatable bonds is 6. The molecule has 1 aromatic heterocycles. The fourth-order valence-electron chi connectivity index (χ4n) is 3.60. The lowest BCUT2D eigenvalue weighted by Gasteiger charge is -2.14. The van der Waals surface area contributed by atoms with E-state index in [0.717, 1.165) is 5.56 Å². The number of hydrogen-bond acceptors (Lipinski definition) is 6. The van der Waals surface area contributed by atoms with Crippen LogP contribution in [-0.4, -0.2) is 39.3 Å². The first-order chi connectivity index (χ1) is 13.6. The average Bonchev–Trinajstić information content (AvgIpc) is 3.30. The van der Waals surface area contributed by atoms with Crippen LogP contribution in [0.25, 0.3) is 11.4 Å². The number of fused-ring (bicyclic) bond motifs is 1. The van der Waals surface area contributed by atoms with E-state index in [0.29, 0.717) is 18.7 Å². The number of carbonyl (C=O) groups is 3. The van der Waals surface area contributed by atoms with Crippen LogP contribution in [-0.2, 0) is 20.9 Å². The Kier molecular flexibility index (Phi) is 5.01. The minimum atomic E-state index is -0.284. The molecule has 2 aliphatic rings. The average molecular weight is 380 g/mol. The van der Waals surface area contributed by atoms with Crippen LogP contribution in [0.4, 0.5) is 0 Å². The first-order valence-electron chi connectivity index (χ1n) is 9.28. The summed E-state index contributed by atoms with van der Waals surface area (Å²) in [6.45, 7) is 0.186. The van der Waals surface area contributed by atoms with Crippen molar-refractivity contribution in [3.63, 3.8) is 0 Å². The summed E-state index contributed by atoms with van der Waals surface area (Å²) in [7, 11) is 0. The fraction of sp³-hybridized carbons (Fsp3) is 0.350. The van der Waals surface area contributed by atoms with E-state index in [9.17, 15) is 14.4 Å². The standard InChI is InChI=1S/C20H20N4O4/c25-16(10-11-24-19(26)14-8-4-5-9-15(14)20(24)27)21-12-17-22-18(23-28-17)13-6-2-1-3-7-13/h1-7,14-15H,8-12H2,(H,21,25)/t14-,15+. The summed E-state index contributed by atoms with van der Waals surface area (Å²) >= 11 is 0. The minimum Gasteiger partial charge on any atom is -0.347 e. The maximum absolute atomic E-state index is 12.4. The first kappa shape index (κ1) is 18.1. The van der Waals surface area contributed by atoms with Crippen molar-refractivity contribution >= 4 is 17.7 Å². The largest absolute Gasteiger partial charge is 0.347 e. The van der Waals surface area contributed by atoms with Crippen molar-refractivity contribution in [2.75, 3.05) is 6.54 Å². The Balaban J connectivity index is 1.27. The van der Waals surface area contributed by atoms with Crippen LogP contribution in [0.3, 0.4) is 0 Å². The van der Waals surface area contributed by atoms with Gasteiger partial charge in [0.25, 0.3) is 0 Å². The van der Waals surface area contributed by atoms with Crippen molar-refractivity contribution in [2.24, 2.45) is 11.8 Å². The number of imide groups is 1. The van der Waals surface area contributed by atoms with E-state index in [1.165, 1.54) is 4.90 Å². The van der Waals surface area contributed by atoms with Gasteiger partial charge in [0.2, 0.25) is 29.4 Å². The molecule has 0 bridgehead atoms. The van der Waals surface area contributed by atoms with Crippen LogP contribution < -0.4 is 5.32 Å². The second kappa shape index (κ2) is 7.75. The number of carbonyl (C=O) groups excluding carboxylic acids is 3. The maximum atomic E-state index is 12.4. The monoisotopic (exact) mass is 380 g/mol. The van der Waals surface area contributed by atoms with Crippen LogP contribution in [0.15, 0.2) is 47.0 Å². The lowest BCUT2D eigenvalue weighted by Crippen LogP contribution is -2.35. The molecule has 1 aliphatic heterocycles. The number of nitrogens with one attached hydrogen (secondary N) is 1. The highest BCUT2D eigenvalue weighted by molar-refractivity contribution is 6.05. The zero-order valence-corrected chi connectivity index (χ0v) is 15.2. The second-order valence-corrected chi connectivity index (χ2v) is 6.89. The number of benzene rings is 1. The van der Waals surface area contributed by atoms with Gasteiger partial charge in [-0.3, -0.25) is 19.3 Å². The van der Waals surface area contributed by atoms with E-state index in [2.05, 4.69) is 15.5 Å². The quantitative estimate of drug-likeness (QED) is 0.604. The van der Waals surface area contributed by atoms with Crippen LogP contribution in [0.5, 0.6) is 0 Å². The third-order valence-corrected chi connectivity index (χ3v) is 5.10. The van der Waals surface area contributed by atoms with Gasteiger partial charge < -0.3 is 9.84 Å². The molecule has 1 fully saturated rings. The van der Waals surface area contributed by atoms with Gasteiger partial charge in [-0.25, -0.2) is 0 Å². The highest BCUT2D eigenvalue weighted by atomic mass is 16.5. The van der Waals surface area contributed by atoms with Crippen molar-refractivity contribution in [2.45, 2.75) is 25.8 Å². The molecule has 8 nitrogen and oxygen atoms in total. The highest BCUT2D eigenvalue weighted by Crippen LogP contribution is 2.34. The molecule has 2 heterocycles. The summed E-state index contributed by atoms with van der Waals surface area (Å²) in [5.74, 6) is -0.418. The van der Waals surface area contributed by atoms with Gasteiger partial charge in [-0.2, -0.15) is 4.98 Å². The fourth-order valence-corrected chi connectivity index (χ4v) is 3.60. The lowest BCUT2D eigenvalue weighted by atomic mass is 9.85. The smallest absolute Gasteiger partial charge is 0.246 e. The van der Waals surface area contributed by atoms with Crippen molar-refractivity contribution in [3.05, 3.63) is 48.4 Å². The SMILES string of the molecule is O=C(CCN1C(=O)[C@H]2CC=CC[C@H]2C1=O)NCc1nc(-c2ccccc2)no1. The molecule has 1 N–H and O–H groups in total. The molecule has 144 valence electrons. The van der Waals surface area contributed by atoms with Crippen molar-refractivity contribution in [1.29, 1.82) is 0 Å². The molecule has 0 spiro atoms. The molecule has 8 heteroatoms. The molecule has 3 amide bonds. The first-order valence-corrected chi connectivity index (χ1v) is 9.28. The predicted molar refractivity (Wildman–Crippen MR) is 98.3 cm³/mol. The van der Waals surface area contributed by atoms with Gasteiger partial charge in [0.15, 0.2) is 0 Å². The molecule has 2 atom stereocenters. The molecule has 0 unspecified atom stereocenters. The molecule has 2 aromatic rings. The minimum absolute atomic E-state index is 0.0457. The van der Waals surface area contributed by atoms with Gasteiger partial charge in [0.1, 0.15) is 0 Å². The van der Waals surface area contributed by atoms with Gasteiger partial charge in [0.05, 0.1) is 18.4 Å². The Labute approximate surface area is 161 Å². The summed E-state index contributed by atoms with van der Waals surface area (Å²) in [5, 5.41) is 6.58. The molecular weight excluding hydrogens is 360 g/mol. The Bertz CT molecular complexity index is 895. The Morgan fingerprint density at radius 2 is 1.79 bits per heavy atom. The number of allylic oxidation sites excluding steroid dienone is 2. The number of amides is 3. The van der Waals surface area contributed by atoms with Gasteiger partial charge >= 0.3 is 0 Å². The summed E-state index contributed by atoms with van der Waals surface area (Å²) in [4.78, 5) is 42.4. The Morgan fingerprint density at radius 3 is 2.46 bits per heavy atom. The molecule has 0 radical (unpaired) electrons. The van der Waals surface area contributed by atoms with Crippen molar-refractivity contribution < 1.29 is 18.9 Å². The van der Waals surface area contributed by atoms with E-state index >= 15 is 0 Å². The number of hydrogen-bond donors (Lipinski definition) is 1. The third-order valence-electron chi connectivity index (χ3n) is 5.10. The number of likely N-dealkylation sites (tertiary alicyclic amines) is 1. The van der Waals surface area contributed by atoms with E-state index in [1.54, 1.807) is 0 Å². The Morgan fingerprint density at radius 1 is 1.11 bits per heavy atom. The summed E-state index contributed by atoms with van der Waals surface area (Å²) in [6.07, 6.45) is 5.12. The van der Waals surface area contributed by atoms with Gasteiger partial charge in [-0.1, -0.05) is 47.6 Å². The third kappa shape index (κ3) is 3.58. The lowest BCUT2D eigenvalue weighted by molar-refractivity contribution is -0.140. The zero-order valence-electron chi connectivity index (χ0n) is 15.2. The zero-order chi connectivity index (χ0) is 19.5. The summed E-state index contributed by atoms with van der Waals surface area (Å²) in [5.41, 5.74) is 0.825. The van der Waals surface area contributed by atoms with Crippen LogP contribution >= 0.6 is 0 Å². The highest BCUT2D eigenvalue weighted by Gasteiger charge is 2.46. The molecular formula is C20H20N4O4. The van der Waals surface area contributed by atoms with E-state index in [1.807, 2.05) is 42.5 Å². The topological polar surface area (TPSA) is 105 Å². The van der Waals surface area contributed by atoms with E-state index < -0.39 is 0 Å². The van der Waals surface area contributed by atoms with Gasteiger partial charge in [0, 0.05) is 18.5 Å². The normalized spacial score (nSPS) is 21.1. The molecule has 1 saturated heterocycles. The molecule has 1 aromatic carbocycles. The van der Waals surface area contributed by atoms with Crippen LogP contribution in [0.2, 0.25) is 0 Å². The molecule has 28 heavy (non-hydrogen) atoms. The summed E-state index contributed by atoms with van der Waals surface area (Å²) in [6, 6.07) is 9.38. The maximum Gasteiger partial charge on any atom is 0.246 e. The predicted octanol–water partition coefficient (Wildman–Crippen LogP) is 1.69. The van der Waals surface area contributed by atoms with Crippen LogP contribution in [0, 0.1) is 11.8 Å². The molecule has 4 rings (SSSR count). The van der Waals surface area contributed by atoms with Gasteiger partial charge in [-0.05, 0) is 12.8 Å². The molecule has 0 saturated carbocycles. The second-order valence-electron chi connectivity index (χ2n) is 6.89. The van der Waals surface area contributed by atoms with Crippen LogP contribution in [0.1, 0.15) is 25.2 Å². The molecule has 1 aliphatic carbocycles. The number of aromatic nitrogens is 2. The van der Waals surface area contributed by atoms with Crippen molar-refractivity contribution in [1.82, 2.24) is 20.4 Å². The Hall–Kier alpha value is -3.29. The van der Waals surface area contributed by atoms with E-state index in [4.69, 9.17) is 4.52 Å². The van der Waals surface area contributed by atoms with Gasteiger partial charge in [-0.15, -0.1) is 0 Å². The van der Waals surface area contributed by atoms with Crippen molar-refractivity contribution in [3.8, 4) is 11.4 Å².